The van der Waals surface area contributed by atoms with Crippen molar-refractivity contribution in [2.75, 3.05) is 32.1 Å². The van der Waals surface area contributed by atoms with Gasteiger partial charge in [0.05, 0.1) is 19.2 Å². The van der Waals surface area contributed by atoms with Crippen molar-refractivity contribution in [3.63, 3.8) is 0 Å². The molecule has 6 heteroatoms. The van der Waals surface area contributed by atoms with Crippen LogP contribution in [0, 0.1) is 19.8 Å². The molecule has 1 amide bonds. The number of carbonyl (C=O) groups excluding carboxylic acids is 2. The van der Waals surface area contributed by atoms with E-state index in [0.717, 1.165) is 42.3 Å². The molecule has 0 atom stereocenters. The summed E-state index contributed by atoms with van der Waals surface area (Å²) in [7, 11) is 1.36. The Morgan fingerprint density at radius 1 is 1.32 bits per heavy atom. The molecule has 1 aliphatic heterocycles. The zero-order valence-corrected chi connectivity index (χ0v) is 14.5. The molecule has 1 aromatic rings. The Morgan fingerprint density at radius 3 is 2.55 bits per heavy atom. The predicted molar refractivity (Wildman–Crippen MR) is 88.6 cm³/mol. The van der Waals surface area contributed by atoms with E-state index < -0.39 is 5.97 Å². The largest absolute Gasteiger partial charge is 0.465 e. The second-order valence-electron chi connectivity index (χ2n) is 5.99. The minimum atomic E-state index is -0.399. The van der Waals surface area contributed by atoms with Crippen molar-refractivity contribution in [2.45, 2.75) is 33.6 Å². The van der Waals surface area contributed by atoms with Crippen LogP contribution < -0.4 is 5.32 Å². The normalized spacial score (nSPS) is 16.5. The molecule has 0 radical (unpaired) electrons. The highest BCUT2D eigenvalue weighted by atomic mass is 32.1. The number of piperidine rings is 1. The fourth-order valence-corrected chi connectivity index (χ4v) is 3.72. The molecule has 0 aromatic carbocycles. The monoisotopic (exact) mass is 324 g/mol. The molecule has 0 saturated carbocycles. The summed E-state index contributed by atoms with van der Waals surface area (Å²) >= 11 is 1.42. The van der Waals surface area contributed by atoms with Crippen molar-refractivity contribution < 1.29 is 14.3 Å². The van der Waals surface area contributed by atoms with Gasteiger partial charge in [0.25, 0.3) is 0 Å². The van der Waals surface area contributed by atoms with Crippen molar-refractivity contribution >= 4 is 28.2 Å². The molecular weight excluding hydrogens is 300 g/mol. The summed E-state index contributed by atoms with van der Waals surface area (Å²) in [6, 6.07) is 0. The summed E-state index contributed by atoms with van der Waals surface area (Å²) in [5.41, 5.74) is 1.35. The van der Waals surface area contributed by atoms with Crippen molar-refractivity contribution in [3.05, 3.63) is 16.0 Å². The number of ether oxygens (including phenoxy) is 1. The number of amides is 1. The molecular formula is C16H24N2O3S. The lowest BCUT2D eigenvalue weighted by Crippen LogP contribution is -2.38. The van der Waals surface area contributed by atoms with Crippen LogP contribution in [0.3, 0.4) is 0 Å². The van der Waals surface area contributed by atoms with E-state index in [4.69, 9.17) is 4.74 Å². The summed E-state index contributed by atoms with van der Waals surface area (Å²) in [5.74, 6) is 0.276. The molecule has 22 heavy (non-hydrogen) atoms. The smallest absolute Gasteiger partial charge is 0.341 e. The van der Waals surface area contributed by atoms with E-state index in [1.54, 1.807) is 0 Å². The number of hydrogen-bond donors (Lipinski definition) is 1. The Labute approximate surface area is 135 Å². The van der Waals surface area contributed by atoms with E-state index in [1.807, 2.05) is 13.8 Å². The van der Waals surface area contributed by atoms with Gasteiger partial charge in [0, 0.05) is 4.88 Å². The number of hydrogen-bond acceptors (Lipinski definition) is 5. The topological polar surface area (TPSA) is 58.6 Å². The van der Waals surface area contributed by atoms with Gasteiger partial charge in [-0.15, -0.1) is 11.3 Å². The third-order valence-corrected chi connectivity index (χ3v) is 5.39. The molecule has 2 heterocycles. The Morgan fingerprint density at radius 2 is 1.95 bits per heavy atom. The van der Waals surface area contributed by atoms with Crippen molar-refractivity contribution in [1.82, 2.24) is 4.90 Å². The summed E-state index contributed by atoms with van der Waals surface area (Å²) < 4.78 is 4.82. The molecule has 1 aliphatic rings. The number of aryl methyl sites for hydroxylation is 1. The molecule has 1 N–H and O–H groups in total. The van der Waals surface area contributed by atoms with E-state index in [1.165, 1.54) is 18.4 Å². The van der Waals surface area contributed by atoms with E-state index >= 15 is 0 Å². The molecule has 2 rings (SSSR count). The first kappa shape index (κ1) is 17.0. The maximum absolute atomic E-state index is 12.2. The summed E-state index contributed by atoms with van der Waals surface area (Å²) in [6.45, 7) is 8.36. The molecule has 5 nitrogen and oxygen atoms in total. The van der Waals surface area contributed by atoms with E-state index in [0.29, 0.717) is 17.1 Å². The van der Waals surface area contributed by atoms with Gasteiger partial charge in [-0.3, -0.25) is 9.69 Å². The van der Waals surface area contributed by atoms with Crippen molar-refractivity contribution in [1.29, 1.82) is 0 Å². The SMILES string of the molecule is COC(=O)c1c(NC(=O)CN2CCC(C)CC2)sc(C)c1C. The van der Waals surface area contributed by atoms with Gasteiger partial charge in [-0.2, -0.15) is 0 Å². The van der Waals surface area contributed by atoms with Gasteiger partial charge in [0.15, 0.2) is 0 Å². The number of esters is 1. The maximum Gasteiger partial charge on any atom is 0.341 e. The van der Waals surface area contributed by atoms with Crippen LogP contribution >= 0.6 is 11.3 Å². The first-order valence-electron chi connectivity index (χ1n) is 7.62. The highest BCUT2D eigenvalue weighted by Gasteiger charge is 2.23. The Hall–Kier alpha value is -1.40. The van der Waals surface area contributed by atoms with Gasteiger partial charge in [-0.1, -0.05) is 6.92 Å². The number of rotatable bonds is 4. The lowest BCUT2D eigenvalue weighted by molar-refractivity contribution is -0.117. The predicted octanol–water partition coefficient (Wildman–Crippen LogP) is 2.82. The molecule has 0 unspecified atom stereocenters. The highest BCUT2D eigenvalue weighted by molar-refractivity contribution is 7.16. The standard InChI is InChI=1S/C16H24N2O3S/c1-10-5-7-18(8-6-10)9-13(19)17-15-14(16(20)21-4)11(2)12(3)22-15/h10H,5-9H2,1-4H3,(H,17,19). The van der Waals surface area contributed by atoms with Crippen LogP contribution in [0.5, 0.6) is 0 Å². The third-order valence-electron chi connectivity index (χ3n) is 4.27. The molecule has 1 aromatic heterocycles. The fourth-order valence-electron chi connectivity index (χ4n) is 2.65. The van der Waals surface area contributed by atoms with Gasteiger partial charge in [0.2, 0.25) is 5.91 Å². The molecule has 122 valence electrons. The molecule has 1 saturated heterocycles. The van der Waals surface area contributed by atoms with E-state index in [9.17, 15) is 9.59 Å². The summed E-state index contributed by atoms with van der Waals surface area (Å²) in [4.78, 5) is 27.3. The number of nitrogens with zero attached hydrogens (tertiary/aromatic N) is 1. The van der Waals surface area contributed by atoms with Crippen LogP contribution in [0.2, 0.25) is 0 Å². The minimum absolute atomic E-state index is 0.0686. The van der Waals surface area contributed by atoms with Crippen molar-refractivity contribution in [2.24, 2.45) is 5.92 Å². The van der Waals surface area contributed by atoms with Gasteiger partial charge < -0.3 is 10.1 Å². The molecule has 1 fully saturated rings. The number of nitrogens with one attached hydrogen (secondary N) is 1. The average molecular weight is 324 g/mol. The van der Waals surface area contributed by atoms with Crippen LogP contribution in [0.25, 0.3) is 0 Å². The lowest BCUT2D eigenvalue weighted by atomic mass is 9.99. The summed E-state index contributed by atoms with van der Waals surface area (Å²) in [6.07, 6.45) is 2.27. The number of anilines is 1. The fraction of sp³-hybridized carbons (Fsp3) is 0.625. The van der Waals surface area contributed by atoms with Crippen LogP contribution in [0.15, 0.2) is 0 Å². The second-order valence-corrected chi connectivity index (χ2v) is 7.21. The van der Waals surface area contributed by atoms with Gasteiger partial charge in [-0.25, -0.2) is 4.79 Å². The highest BCUT2D eigenvalue weighted by Crippen LogP contribution is 2.32. The maximum atomic E-state index is 12.2. The number of thiophene rings is 1. The van der Waals surface area contributed by atoms with Gasteiger partial charge in [0.1, 0.15) is 5.00 Å². The molecule has 0 bridgehead atoms. The number of carbonyl (C=O) groups is 2. The summed E-state index contributed by atoms with van der Waals surface area (Å²) in [5, 5.41) is 3.48. The Bertz CT molecular complexity index is 560. The van der Waals surface area contributed by atoms with Gasteiger partial charge >= 0.3 is 5.97 Å². The van der Waals surface area contributed by atoms with Crippen molar-refractivity contribution in [3.8, 4) is 0 Å². The van der Waals surface area contributed by atoms with Crippen LogP contribution in [-0.4, -0.2) is 43.5 Å². The number of likely N-dealkylation sites (tertiary alicyclic amines) is 1. The average Bonchev–Trinajstić information content (AvgIpc) is 2.75. The van der Waals surface area contributed by atoms with E-state index in [-0.39, 0.29) is 5.91 Å². The van der Waals surface area contributed by atoms with E-state index in [2.05, 4.69) is 17.1 Å². The Balaban J connectivity index is 2.02. The third kappa shape index (κ3) is 3.87. The molecule has 0 aliphatic carbocycles. The first-order chi connectivity index (χ1) is 10.4. The zero-order chi connectivity index (χ0) is 16.3. The first-order valence-corrected chi connectivity index (χ1v) is 8.44. The second kappa shape index (κ2) is 7.24. The van der Waals surface area contributed by atoms with Crippen LogP contribution in [-0.2, 0) is 9.53 Å². The lowest BCUT2D eigenvalue weighted by Gasteiger charge is -2.29. The molecule has 0 spiro atoms. The van der Waals surface area contributed by atoms with Gasteiger partial charge in [-0.05, 0) is 51.3 Å². The minimum Gasteiger partial charge on any atom is -0.465 e. The number of methoxy groups -OCH3 is 1. The van der Waals surface area contributed by atoms with Crippen LogP contribution in [0.4, 0.5) is 5.00 Å². The Kier molecular flexibility index (Phi) is 5.58. The van der Waals surface area contributed by atoms with Crippen LogP contribution in [0.1, 0.15) is 40.6 Å². The quantitative estimate of drug-likeness (QED) is 0.865. The zero-order valence-electron chi connectivity index (χ0n) is 13.7.